The Morgan fingerprint density at radius 2 is 1.53 bits per heavy atom. The standard InChI is InChI=1S/C18H14F6O5S/c1-2-28-16(25)9-11-7-13(12-3-5-14(6-4-12)17(19,20)21)10-15(8-11)29-30(26,27)18(22,23)24/h3-8,10H,2,9H2,1H3. The number of alkyl halides is 6. The highest BCUT2D eigenvalue weighted by Crippen LogP contribution is 2.34. The Bertz CT molecular complexity index is 1010. The molecule has 0 N–H and O–H groups in total. The average molecular weight is 456 g/mol. The van der Waals surface area contributed by atoms with Crippen LogP contribution in [0.25, 0.3) is 11.1 Å². The summed E-state index contributed by atoms with van der Waals surface area (Å²) in [6.45, 7) is 1.56. The van der Waals surface area contributed by atoms with Gasteiger partial charge in [0.15, 0.2) is 0 Å². The van der Waals surface area contributed by atoms with Crippen molar-refractivity contribution >= 4 is 16.1 Å². The molecule has 12 heteroatoms. The van der Waals surface area contributed by atoms with Crippen molar-refractivity contribution in [3.63, 3.8) is 0 Å². The lowest BCUT2D eigenvalue weighted by molar-refractivity contribution is -0.142. The van der Waals surface area contributed by atoms with Crippen LogP contribution in [-0.2, 0) is 32.2 Å². The van der Waals surface area contributed by atoms with Crippen LogP contribution in [-0.4, -0.2) is 26.5 Å². The Kier molecular flexibility index (Phi) is 6.70. The van der Waals surface area contributed by atoms with Crippen LogP contribution in [0.5, 0.6) is 5.75 Å². The Hall–Kier alpha value is -2.76. The molecule has 0 aromatic heterocycles. The van der Waals surface area contributed by atoms with E-state index in [1.807, 2.05) is 0 Å². The number of halogens is 6. The molecule has 0 amide bonds. The number of carbonyl (C=O) groups is 1. The molecule has 0 bridgehead atoms. The van der Waals surface area contributed by atoms with E-state index >= 15 is 0 Å². The van der Waals surface area contributed by atoms with Crippen LogP contribution in [0.3, 0.4) is 0 Å². The SMILES string of the molecule is CCOC(=O)Cc1cc(OS(=O)(=O)C(F)(F)F)cc(-c2ccc(C(F)(F)F)cc2)c1. The van der Waals surface area contributed by atoms with Crippen LogP contribution in [0.1, 0.15) is 18.1 Å². The van der Waals surface area contributed by atoms with E-state index in [9.17, 15) is 39.6 Å². The van der Waals surface area contributed by atoms with Gasteiger partial charge in [-0.2, -0.15) is 34.8 Å². The Labute approximate surface area is 167 Å². The monoisotopic (exact) mass is 456 g/mol. The maximum atomic E-state index is 12.7. The third-order valence-corrected chi connectivity index (χ3v) is 4.63. The molecular weight excluding hydrogens is 442 g/mol. The number of hydrogen-bond acceptors (Lipinski definition) is 5. The summed E-state index contributed by atoms with van der Waals surface area (Å²) in [6, 6.07) is 6.70. The number of carbonyl (C=O) groups excluding carboxylic acids is 1. The van der Waals surface area contributed by atoms with E-state index in [0.717, 1.165) is 36.4 Å². The second-order valence-corrected chi connectivity index (χ2v) is 7.44. The summed E-state index contributed by atoms with van der Waals surface area (Å²) >= 11 is 0. The quantitative estimate of drug-likeness (QED) is 0.273. The molecule has 2 rings (SSSR count). The molecule has 0 heterocycles. The molecule has 0 fully saturated rings. The smallest absolute Gasteiger partial charge is 0.466 e. The zero-order valence-electron chi connectivity index (χ0n) is 15.2. The predicted octanol–water partition coefficient (Wildman–Crippen LogP) is 4.71. The summed E-state index contributed by atoms with van der Waals surface area (Å²) in [7, 11) is -6.00. The van der Waals surface area contributed by atoms with E-state index in [2.05, 4.69) is 4.18 Å². The van der Waals surface area contributed by atoms with E-state index in [1.54, 1.807) is 0 Å². The highest BCUT2D eigenvalue weighted by atomic mass is 32.2. The first-order valence-electron chi connectivity index (χ1n) is 8.21. The molecule has 5 nitrogen and oxygen atoms in total. The highest BCUT2D eigenvalue weighted by Gasteiger charge is 2.48. The lowest BCUT2D eigenvalue weighted by Crippen LogP contribution is -2.28. The zero-order chi connectivity index (χ0) is 22.7. The van der Waals surface area contributed by atoms with Gasteiger partial charge in [0.1, 0.15) is 5.75 Å². The van der Waals surface area contributed by atoms with Crippen LogP contribution in [0.2, 0.25) is 0 Å². The molecule has 0 spiro atoms. The fraction of sp³-hybridized carbons (Fsp3) is 0.278. The molecule has 0 atom stereocenters. The minimum absolute atomic E-state index is 0.0310. The Morgan fingerprint density at radius 1 is 0.933 bits per heavy atom. The maximum Gasteiger partial charge on any atom is 0.534 e. The van der Waals surface area contributed by atoms with Gasteiger partial charge < -0.3 is 8.92 Å². The summed E-state index contributed by atoms with van der Waals surface area (Å²) in [6.07, 6.45) is -5.02. The molecule has 0 aliphatic heterocycles. The number of ether oxygens (including phenoxy) is 1. The van der Waals surface area contributed by atoms with Crippen LogP contribution < -0.4 is 4.18 Å². The number of rotatable bonds is 6. The largest absolute Gasteiger partial charge is 0.534 e. The summed E-state index contributed by atoms with van der Waals surface area (Å²) < 4.78 is 107. The van der Waals surface area contributed by atoms with Crippen molar-refractivity contribution in [1.29, 1.82) is 0 Å². The normalized spacial score (nSPS) is 12.5. The van der Waals surface area contributed by atoms with Crippen molar-refractivity contribution in [2.45, 2.75) is 25.0 Å². The van der Waals surface area contributed by atoms with Gasteiger partial charge in [0.2, 0.25) is 0 Å². The first-order valence-corrected chi connectivity index (χ1v) is 9.61. The highest BCUT2D eigenvalue weighted by molar-refractivity contribution is 7.88. The molecule has 164 valence electrons. The average Bonchev–Trinajstić information content (AvgIpc) is 2.59. The number of benzene rings is 2. The lowest BCUT2D eigenvalue weighted by atomic mass is 10.00. The third-order valence-electron chi connectivity index (χ3n) is 3.66. The molecule has 0 saturated heterocycles. The topological polar surface area (TPSA) is 69.7 Å². The molecule has 2 aromatic rings. The molecule has 0 aliphatic rings. The van der Waals surface area contributed by atoms with Gasteiger partial charge in [0.05, 0.1) is 18.6 Å². The van der Waals surface area contributed by atoms with Crippen LogP contribution in [0.4, 0.5) is 26.3 Å². The fourth-order valence-electron chi connectivity index (χ4n) is 2.38. The van der Waals surface area contributed by atoms with Gasteiger partial charge in [-0.1, -0.05) is 18.2 Å². The molecule has 2 aromatic carbocycles. The predicted molar refractivity (Wildman–Crippen MR) is 92.8 cm³/mol. The number of hydrogen-bond donors (Lipinski definition) is 0. The van der Waals surface area contributed by atoms with E-state index in [1.165, 1.54) is 13.0 Å². The summed E-state index contributed by atoms with van der Waals surface area (Å²) in [5.74, 6) is -1.50. The third kappa shape index (κ3) is 5.88. The molecule has 0 unspecified atom stereocenters. The molecule has 0 aliphatic carbocycles. The van der Waals surface area contributed by atoms with Crippen molar-refractivity contribution in [1.82, 2.24) is 0 Å². The van der Waals surface area contributed by atoms with Crippen LogP contribution >= 0.6 is 0 Å². The second-order valence-electron chi connectivity index (χ2n) is 5.91. The summed E-state index contributed by atoms with van der Waals surface area (Å²) in [5, 5.41) is 0. The second kappa shape index (κ2) is 8.54. The van der Waals surface area contributed by atoms with Crippen molar-refractivity contribution in [2.24, 2.45) is 0 Å². The van der Waals surface area contributed by atoms with Crippen LogP contribution in [0, 0.1) is 0 Å². The van der Waals surface area contributed by atoms with Crippen molar-refractivity contribution in [3.8, 4) is 16.9 Å². The van der Waals surface area contributed by atoms with E-state index < -0.39 is 45.5 Å². The van der Waals surface area contributed by atoms with E-state index in [-0.39, 0.29) is 23.3 Å². The molecule has 0 radical (unpaired) electrons. The van der Waals surface area contributed by atoms with Gasteiger partial charge in [0.25, 0.3) is 0 Å². The van der Waals surface area contributed by atoms with Gasteiger partial charge in [-0.15, -0.1) is 0 Å². The summed E-state index contributed by atoms with van der Waals surface area (Å²) in [5.41, 5.74) is -6.44. The van der Waals surface area contributed by atoms with Gasteiger partial charge in [-0.05, 0) is 47.9 Å². The molecule has 0 saturated carbocycles. The molecular formula is C18H14F6O5S. The fourth-order valence-corrected chi connectivity index (χ4v) is 2.83. The van der Waals surface area contributed by atoms with Gasteiger partial charge in [-0.25, -0.2) is 0 Å². The molecule has 30 heavy (non-hydrogen) atoms. The maximum absolute atomic E-state index is 12.7. The minimum atomic E-state index is -6.00. The van der Waals surface area contributed by atoms with Crippen molar-refractivity contribution in [3.05, 3.63) is 53.6 Å². The van der Waals surface area contributed by atoms with Crippen molar-refractivity contribution in [2.75, 3.05) is 6.61 Å². The van der Waals surface area contributed by atoms with Gasteiger partial charge >= 0.3 is 27.8 Å². The lowest BCUT2D eigenvalue weighted by Gasteiger charge is -2.13. The Morgan fingerprint density at radius 3 is 2.03 bits per heavy atom. The minimum Gasteiger partial charge on any atom is -0.466 e. The summed E-state index contributed by atoms with van der Waals surface area (Å²) in [4.78, 5) is 11.7. The van der Waals surface area contributed by atoms with Crippen molar-refractivity contribution < 1.29 is 48.5 Å². The number of esters is 1. The first-order chi connectivity index (χ1) is 13.7. The van der Waals surface area contributed by atoms with Crippen LogP contribution in [0.15, 0.2) is 42.5 Å². The van der Waals surface area contributed by atoms with Gasteiger partial charge in [0, 0.05) is 0 Å². The van der Waals surface area contributed by atoms with E-state index in [4.69, 9.17) is 4.74 Å². The zero-order valence-corrected chi connectivity index (χ0v) is 16.0. The Balaban J connectivity index is 2.49. The van der Waals surface area contributed by atoms with Gasteiger partial charge in [-0.3, -0.25) is 4.79 Å². The first kappa shape index (κ1) is 23.5. The van der Waals surface area contributed by atoms with E-state index in [0.29, 0.717) is 0 Å².